The molecule has 1 heterocycles. The Balaban J connectivity index is 2.16. The summed E-state index contributed by atoms with van der Waals surface area (Å²) in [7, 11) is 0. The van der Waals surface area contributed by atoms with Crippen LogP contribution in [-0.4, -0.2) is 13.1 Å². The summed E-state index contributed by atoms with van der Waals surface area (Å²) in [6.45, 7) is 9.33. The Hall–Kier alpha value is -0.980. The summed E-state index contributed by atoms with van der Waals surface area (Å²) in [5, 5.41) is 0. The molecule has 1 nitrogen and oxygen atoms in total. The van der Waals surface area contributed by atoms with E-state index in [1.807, 2.05) is 0 Å². The van der Waals surface area contributed by atoms with Crippen LogP contribution >= 0.6 is 0 Å². The van der Waals surface area contributed by atoms with Crippen LogP contribution in [0.5, 0.6) is 0 Å². The first kappa shape index (κ1) is 10.5. The van der Waals surface area contributed by atoms with Gasteiger partial charge in [-0.2, -0.15) is 0 Å². The molecule has 0 bridgehead atoms. The van der Waals surface area contributed by atoms with Gasteiger partial charge in [0.15, 0.2) is 0 Å². The monoisotopic (exact) mass is 203 g/mol. The van der Waals surface area contributed by atoms with Crippen molar-refractivity contribution in [3.63, 3.8) is 0 Å². The van der Waals surface area contributed by atoms with Crippen molar-refractivity contribution in [2.24, 2.45) is 5.41 Å². The average Bonchev–Trinajstić information content (AvgIpc) is 2.59. The highest BCUT2D eigenvalue weighted by Gasteiger charge is 2.29. The lowest BCUT2D eigenvalue weighted by Crippen LogP contribution is -2.22. The second kappa shape index (κ2) is 3.88. The molecule has 0 unspecified atom stereocenters. The SMILES string of the molecule is CCc1cccc(N2CCC(C)(C)C2)c1. The van der Waals surface area contributed by atoms with E-state index in [0.29, 0.717) is 5.41 Å². The van der Waals surface area contributed by atoms with Crippen LogP contribution in [0.15, 0.2) is 24.3 Å². The van der Waals surface area contributed by atoms with Gasteiger partial charge in [-0.05, 0) is 36.0 Å². The Labute approximate surface area is 93.1 Å². The fraction of sp³-hybridized carbons (Fsp3) is 0.571. The molecule has 0 atom stereocenters. The van der Waals surface area contributed by atoms with Crippen molar-refractivity contribution in [2.45, 2.75) is 33.6 Å². The summed E-state index contributed by atoms with van der Waals surface area (Å²) in [5.74, 6) is 0. The van der Waals surface area contributed by atoms with E-state index in [0.717, 1.165) is 6.42 Å². The molecule has 1 aromatic carbocycles. The van der Waals surface area contributed by atoms with Crippen molar-refractivity contribution in [3.05, 3.63) is 29.8 Å². The van der Waals surface area contributed by atoms with Crippen LogP contribution in [0.1, 0.15) is 32.8 Å². The molecule has 0 spiro atoms. The number of aryl methyl sites for hydroxylation is 1. The third kappa shape index (κ3) is 2.34. The van der Waals surface area contributed by atoms with E-state index >= 15 is 0 Å². The summed E-state index contributed by atoms with van der Waals surface area (Å²) in [6, 6.07) is 8.96. The molecule has 1 aromatic rings. The Morgan fingerprint density at radius 3 is 2.73 bits per heavy atom. The average molecular weight is 203 g/mol. The molecule has 0 aromatic heterocycles. The lowest BCUT2D eigenvalue weighted by Gasteiger charge is -2.22. The summed E-state index contributed by atoms with van der Waals surface area (Å²) in [4.78, 5) is 2.51. The van der Waals surface area contributed by atoms with E-state index in [-0.39, 0.29) is 0 Å². The zero-order valence-corrected chi connectivity index (χ0v) is 10.1. The lowest BCUT2D eigenvalue weighted by atomic mass is 9.93. The number of anilines is 1. The molecule has 15 heavy (non-hydrogen) atoms. The predicted octanol–water partition coefficient (Wildman–Crippen LogP) is 3.49. The number of nitrogens with zero attached hydrogens (tertiary/aromatic N) is 1. The largest absolute Gasteiger partial charge is 0.371 e. The number of hydrogen-bond acceptors (Lipinski definition) is 1. The summed E-state index contributed by atoms with van der Waals surface area (Å²) in [5.41, 5.74) is 3.33. The smallest absolute Gasteiger partial charge is 0.0369 e. The Kier molecular flexibility index (Phi) is 2.72. The van der Waals surface area contributed by atoms with Crippen LogP contribution in [0.3, 0.4) is 0 Å². The van der Waals surface area contributed by atoms with Gasteiger partial charge >= 0.3 is 0 Å². The molecule has 1 aliphatic rings. The van der Waals surface area contributed by atoms with Crippen LogP contribution in [0.25, 0.3) is 0 Å². The van der Waals surface area contributed by atoms with Crippen LogP contribution in [0, 0.1) is 5.41 Å². The molecule has 1 fully saturated rings. The molecule has 0 radical (unpaired) electrons. The van der Waals surface area contributed by atoms with Crippen molar-refractivity contribution in [2.75, 3.05) is 18.0 Å². The van der Waals surface area contributed by atoms with Gasteiger partial charge in [0.25, 0.3) is 0 Å². The first-order chi connectivity index (χ1) is 7.11. The van der Waals surface area contributed by atoms with E-state index in [9.17, 15) is 0 Å². The number of hydrogen-bond donors (Lipinski definition) is 0. The summed E-state index contributed by atoms with van der Waals surface area (Å²) in [6.07, 6.45) is 2.44. The molecule has 0 aliphatic carbocycles. The maximum atomic E-state index is 2.51. The molecular formula is C14H21N. The third-order valence-electron chi connectivity index (χ3n) is 3.36. The first-order valence-electron chi connectivity index (χ1n) is 5.95. The van der Waals surface area contributed by atoms with Crippen molar-refractivity contribution >= 4 is 5.69 Å². The van der Waals surface area contributed by atoms with Crippen molar-refractivity contribution in [1.29, 1.82) is 0 Å². The van der Waals surface area contributed by atoms with E-state index in [2.05, 4.69) is 49.9 Å². The normalized spacial score (nSPS) is 19.5. The Bertz CT molecular complexity index is 341. The van der Waals surface area contributed by atoms with Crippen molar-refractivity contribution in [3.8, 4) is 0 Å². The second-order valence-electron chi connectivity index (χ2n) is 5.36. The summed E-state index contributed by atoms with van der Waals surface area (Å²) < 4.78 is 0. The molecule has 82 valence electrons. The second-order valence-corrected chi connectivity index (χ2v) is 5.36. The van der Waals surface area contributed by atoms with Gasteiger partial charge in [-0.25, -0.2) is 0 Å². The van der Waals surface area contributed by atoms with Crippen LogP contribution in [0.4, 0.5) is 5.69 Å². The molecule has 2 rings (SSSR count). The van der Waals surface area contributed by atoms with Gasteiger partial charge in [0.1, 0.15) is 0 Å². The first-order valence-corrected chi connectivity index (χ1v) is 5.95. The Morgan fingerprint density at radius 1 is 1.33 bits per heavy atom. The highest BCUT2D eigenvalue weighted by molar-refractivity contribution is 5.49. The lowest BCUT2D eigenvalue weighted by molar-refractivity contribution is 0.418. The highest BCUT2D eigenvalue weighted by atomic mass is 15.2. The molecule has 0 N–H and O–H groups in total. The predicted molar refractivity (Wildman–Crippen MR) is 66.4 cm³/mol. The molecule has 1 saturated heterocycles. The highest BCUT2D eigenvalue weighted by Crippen LogP contribution is 2.32. The van der Waals surface area contributed by atoms with E-state index < -0.39 is 0 Å². The van der Waals surface area contributed by atoms with Crippen LogP contribution in [0.2, 0.25) is 0 Å². The maximum absolute atomic E-state index is 2.51. The molecule has 0 amide bonds. The van der Waals surface area contributed by atoms with Crippen molar-refractivity contribution < 1.29 is 0 Å². The minimum atomic E-state index is 0.488. The minimum Gasteiger partial charge on any atom is -0.371 e. The summed E-state index contributed by atoms with van der Waals surface area (Å²) >= 11 is 0. The zero-order valence-electron chi connectivity index (χ0n) is 10.1. The van der Waals surface area contributed by atoms with Gasteiger partial charge in [0.2, 0.25) is 0 Å². The van der Waals surface area contributed by atoms with Gasteiger partial charge in [-0.1, -0.05) is 32.9 Å². The van der Waals surface area contributed by atoms with Gasteiger partial charge in [-0.3, -0.25) is 0 Å². The molecule has 0 saturated carbocycles. The van der Waals surface area contributed by atoms with Gasteiger partial charge in [0.05, 0.1) is 0 Å². The quantitative estimate of drug-likeness (QED) is 0.711. The third-order valence-corrected chi connectivity index (χ3v) is 3.36. The standard InChI is InChI=1S/C14H21N/c1-4-12-6-5-7-13(10-12)15-9-8-14(2,3)11-15/h5-7,10H,4,8-9,11H2,1-3H3. The fourth-order valence-corrected chi connectivity index (χ4v) is 2.31. The topological polar surface area (TPSA) is 3.24 Å². The van der Waals surface area contributed by atoms with E-state index in [1.54, 1.807) is 0 Å². The van der Waals surface area contributed by atoms with E-state index in [1.165, 1.54) is 30.8 Å². The maximum Gasteiger partial charge on any atom is 0.0369 e. The molecule has 1 heteroatoms. The van der Waals surface area contributed by atoms with Crippen LogP contribution < -0.4 is 4.90 Å². The zero-order chi connectivity index (χ0) is 10.9. The Morgan fingerprint density at radius 2 is 2.13 bits per heavy atom. The van der Waals surface area contributed by atoms with Gasteiger partial charge < -0.3 is 4.90 Å². The number of rotatable bonds is 2. The minimum absolute atomic E-state index is 0.488. The molecular weight excluding hydrogens is 182 g/mol. The fourth-order valence-electron chi connectivity index (χ4n) is 2.31. The van der Waals surface area contributed by atoms with Crippen LogP contribution in [-0.2, 0) is 6.42 Å². The van der Waals surface area contributed by atoms with Gasteiger partial charge in [0, 0.05) is 18.8 Å². The van der Waals surface area contributed by atoms with Gasteiger partial charge in [-0.15, -0.1) is 0 Å². The molecule has 1 aliphatic heterocycles. The van der Waals surface area contributed by atoms with E-state index in [4.69, 9.17) is 0 Å². The number of benzene rings is 1. The van der Waals surface area contributed by atoms with Crippen molar-refractivity contribution in [1.82, 2.24) is 0 Å².